The van der Waals surface area contributed by atoms with Gasteiger partial charge in [0.25, 0.3) is 5.91 Å². The van der Waals surface area contributed by atoms with Crippen LogP contribution in [-0.4, -0.2) is 21.9 Å². The van der Waals surface area contributed by atoms with Crippen molar-refractivity contribution in [3.63, 3.8) is 0 Å². The molecule has 5 aromatic rings. The van der Waals surface area contributed by atoms with Crippen molar-refractivity contribution in [3.8, 4) is 16.9 Å². The van der Waals surface area contributed by atoms with E-state index in [1.807, 2.05) is 71.6 Å². The molecule has 2 heterocycles. The second-order valence-electron chi connectivity index (χ2n) is 7.39. The predicted molar refractivity (Wildman–Crippen MR) is 131 cm³/mol. The van der Waals surface area contributed by atoms with Crippen molar-refractivity contribution in [1.82, 2.24) is 15.2 Å². The molecule has 2 aromatic heterocycles. The van der Waals surface area contributed by atoms with Crippen LogP contribution >= 0.6 is 11.3 Å². The highest BCUT2D eigenvalue weighted by atomic mass is 32.1. The van der Waals surface area contributed by atoms with Crippen molar-refractivity contribution in [2.24, 2.45) is 5.10 Å². The van der Waals surface area contributed by atoms with Crippen LogP contribution in [0.4, 0.5) is 0 Å². The minimum Gasteiger partial charge on any atom is -0.265 e. The third-order valence-corrected chi connectivity index (χ3v) is 6.04. The fourth-order valence-electron chi connectivity index (χ4n) is 3.61. The van der Waals surface area contributed by atoms with Crippen molar-refractivity contribution >= 4 is 34.2 Å². The van der Waals surface area contributed by atoms with Crippen LogP contribution in [0.25, 0.3) is 27.7 Å². The van der Waals surface area contributed by atoms with Gasteiger partial charge in [0, 0.05) is 10.4 Å². The number of nitrogens with zero attached hydrogens (tertiary/aromatic N) is 3. The van der Waals surface area contributed by atoms with Gasteiger partial charge in [-0.1, -0.05) is 60.7 Å². The highest BCUT2D eigenvalue weighted by Crippen LogP contribution is 2.28. The lowest BCUT2D eigenvalue weighted by molar-refractivity contribution is 0.0949. The summed E-state index contributed by atoms with van der Waals surface area (Å²) in [4.78, 5) is 13.8. The molecular formula is C26H20N4OS. The molecule has 0 fully saturated rings. The number of benzene rings is 3. The number of hydrogen-bond donors (Lipinski definition) is 1. The number of nitrogens with one attached hydrogen (secondary N) is 1. The maximum Gasteiger partial charge on any atom is 0.291 e. The highest BCUT2D eigenvalue weighted by molar-refractivity contribution is 7.11. The van der Waals surface area contributed by atoms with Gasteiger partial charge in [-0.25, -0.2) is 10.1 Å². The van der Waals surface area contributed by atoms with E-state index in [2.05, 4.69) is 46.0 Å². The van der Waals surface area contributed by atoms with E-state index in [1.165, 1.54) is 5.39 Å². The number of hydrogen-bond acceptors (Lipinski definition) is 4. The van der Waals surface area contributed by atoms with E-state index in [9.17, 15) is 4.79 Å². The molecule has 5 rings (SSSR count). The number of carbonyl (C=O) groups excluding carboxylic acids is 1. The van der Waals surface area contributed by atoms with Gasteiger partial charge < -0.3 is 0 Å². The number of hydrazone groups is 1. The SMILES string of the molecule is Cc1ccccc1-n1nc(C(=O)N/N=C\c2cccs2)cc1-c1ccc2ccccc2c1. The molecule has 1 N–H and O–H groups in total. The van der Waals surface area contributed by atoms with Gasteiger partial charge in [0.2, 0.25) is 0 Å². The fraction of sp³-hybridized carbons (Fsp3) is 0.0385. The summed E-state index contributed by atoms with van der Waals surface area (Å²) in [6.45, 7) is 2.03. The first-order chi connectivity index (χ1) is 15.7. The van der Waals surface area contributed by atoms with Crippen molar-refractivity contribution < 1.29 is 4.79 Å². The summed E-state index contributed by atoms with van der Waals surface area (Å²) in [7, 11) is 0. The Morgan fingerprint density at radius 3 is 2.59 bits per heavy atom. The molecule has 6 heteroatoms. The molecule has 156 valence electrons. The van der Waals surface area contributed by atoms with Crippen molar-refractivity contribution in [2.75, 3.05) is 0 Å². The maximum absolute atomic E-state index is 12.8. The molecule has 32 heavy (non-hydrogen) atoms. The van der Waals surface area contributed by atoms with Crippen molar-refractivity contribution in [1.29, 1.82) is 0 Å². The first-order valence-corrected chi connectivity index (χ1v) is 11.1. The monoisotopic (exact) mass is 436 g/mol. The lowest BCUT2D eigenvalue weighted by Gasteiger charge is -2.11. The van der Waals surface area contributed by atoms with E-state index >= 15 is 0 Å². The van der Waals surface area contributed by atoms with Crippen LogP contribution in [0.5, 0.6) is 0 Å². The summed E-state index contributed by atoms with van der Waals surface area (Å²) in [6, 6.07) is 28.2. The number of thiophene rings is 1. The molecular weight excluding hydrogens is 416 g/mol. The first kappa shape index (κ1) is 19.9. The normalized spacial score (nSPS) is 11.3. The minimum absolute atomic E-state index is 0.305. The Balaban J connectivity index is 1.56. The Hall–Kier alpha value is -4.03. The average Bonchev–Trinajstić information content (AvgIpc) is 3.49. The standard InChI is InChI=1S/C26H20N4OS/c1-18-7-2-5-11-24(18)30-25(21-13-12-19-8-3-4-9-20(19)15-21)16-23(29-30)26(31)28-27-17-22-10-6-14-32-22/h2-17H,1H3,(H,28,31)/b27-17-. The summed E-state index contributed by atoms with van der Waals surface area (Å²) in [5.74, 6) is -0.354. The Morgan fingerprint density at radius 1 is 0.969 bits per heavy atom. The number of amides is 1. The van der Waals surface area contributed by atoms with Crippen LogP contribution < -0.4 is 5.43 Å². The average molecular weight is 437 g/mol. The van der Waals surface area contributed by atoms with E-state index in [0.29, 0.717) is 5.69 Å². The van der Waals surface area contributed by atoms with E-state index in [0.717, 1.165) is 32.8 Å². The summed E-state index contributed by atoms with van der Waals surface area (Å²) >= 11 is 1.55. The van der Waals surface area contributed by atoms with Crippen LogP contribution in [0, 0.1) is 6.92 Å². The molecule has 1 amide bonds. The molecule has 0 spiro atoms. The van der Waals surface area contributed by atoms with Crippen molar-refractivity contribution in [3.05, 3.63) is 106 Å². The molecule has 0 saturated carbocycles. The fourth-order valence-corrected chi connectivity index (χ4v) is 4.19. The van der Waals surface area contributed by atoms with Crippen LogP contribution in [0.3, 0.4) is 0 Å². The number of aromatic nitrogens is 2. The zero-order valence-electron chi connectivity index (χ0n) is 17.4. The molecule has 0 aliphatic heterocycles. The molecule has 5 nitrogen and oxygen atoms in total. The Kier molecular flexibility index (Phi) is 5.35. The Labute approximate surface area is 189 Å². The van der Waals surface area contributed by atoms with E-state index in [-0.39, 0.29) is 5.91 Å². The predicted octanol–water partition coefficient (Wildman–Crippen LogP) is 5.83. The van der Waals surface area contributed by atoms with Crippen LogP contribution in [0.2, 0.25) is 0 Å². The van der Waals surface area contributed by atoms with Gasteiger partial charge in [-0.3, -0.25) is 4.79 Å². The molecule has 0 radical (unpaired) electrons. The molecule has 0 saturated heterocycles. The van der Waals surface area contributed by atoms with Crippen molar-refractivity contribution in [2.45, 2.75) is 6.92 Å². The van der Waals surface area contributed by atoms with Gasteiger partial charge in [-0.05, 0) is 52.9 Å². The molecule has 0 aliphatic carbocycles. The van der Waals surface area contributed by atoms with Gasteiger partial charge in [0.05, 0.1) is 17.6 Å². The zero-order chi connectivity index (χ0) is 21.9. The number of fused-ring (bicyclic) bond motifs is 1. The lowest BCUT2D eigenvalue weighted by Crippen LogP contribution is -2.18. The van der Waals surface area contributed by atoms with E-state index < -0.39 is 0 Å². The minimum atomic E-state index is -0.354. The number of rotatable bonds is 5. The smallest absolute Gasteiger partial charge is 0.265 e. The van der Waals surface area contributed by atoms with Gasteiger partial charge in [-0.2, -0.15) is 10.2 Å². The molecule has 3 aromatic carbocycles. The van der Waals surface area contributed by atoms with Crippen LogP contribution in [0.15, 0.2) is 95.4 Å². The second kappa shape index (κ2) is 8.61. The third kappa shape index (κ3) is 3.96. The maximum atomic E-state index is 12.8. The molecule has 0 atom stereocenters. The molecule has 0 bridgehead atoms. The summed E-state index contributed by atoms with van der Waals surface area (Å²) < 4.78 is 1.83. The number of para-hydroxylation sites is 1. The van der Waals surface area contributed by atoms with Gasteiger partial charge in [0.1, 0.15) is 0 Å². The quantitative estimate of drug-likeness (QED) is 0.278. The molecule has 0 aliphatic rings. The third-order valence-electron chi connectivity index (χ3n) is 5.23. The summed E-state index contributed by atoms with van der Waals surface area (Å²) in [5.41, 5.74) is 6.72. The topological polar surface area (TPSA) is 59.3 Å². The number of aryl methyl sites for hydroxylation is 1. The molecule has 0 unspecified atom stereocenters. The van der Waals surface area contributed by atoms with E-state index in [1.54, 1.807) is 17.6 Å². The van der Waals surface area contributed by atoms with Crippen LogP contribution in [-0.2, 0) is 0 Å². The summed E-state index contributed by atoms with van der Waals surface area (Å²) in [5, 5.41) is 13.0. The zero-order valence-corrected chi connectivity index (χ0v) is 18.2. The highest BCUT2D eigenvalue weighted by Gasteiger charge is 2.17. The Morgan fingerprint density at radius 2 is 1.78 bits per heavy atom. The van der Waals surface area contributed by atoms with Crippen LogP contribution in [0.1, 0.15) is 20.9 Å². The summed E-state index contributed by atoms with van der Waals surface area (Å²) in [6.07, 6.45) is 1.63. The van der Waals surface area contributed by atoms with E-state index in [4.69, 9.17) is 0 Å². The first-order valence-electron chi connectivity index (χ1n) is 10.2. The van der Waals surface area contributed by atoms with Gasteiger partial charge >= 0.3 is 0 Å². The largest absolute Gasteiger partial charge is 0.291 e. The van der Waals surface area contributed by atoms with Gasteiger partial charge in [0.15, 0.2) is 5.69 Å². The number of carbonyl (C=O) groups is 1. The second-order valence-corrected chi connectivity index (χ2v) is 8.37. The Bertz CT molecular complexity index is 1430. The lowest BCUT2D eigenvalue weighted by atomic mass is 10.0. The van der Waals surface area contributed by atoms with Gasteiger partial charge in [-0.15, -0.1) is 11.3 Å².